The quantitative estimate of drug-likeness (QED) is 0.683. The third kappa shape index (κ3) is 5.26. The predicted molar refractivity (Wildman–Crippen MR) is 118 cm³/mol. The maximum Gasteiger partial charge on any atom is 0.238 e. The Bertz CT molecular complexity index is 835. The highest BCUT2D eigenvalue weighted by Crippen LogP contribution is 2.26. The molecule has 6 heteroatoms. The number of anilines is 2. The average Bonchev–Trinajstić information content (AvgIpc) is 3.18. The molecule has 1 amide bonds. The number of benzene rings is 2. The Hall–Kier alpha value is -2.05. The monoisotopic (exact) mass is 445 g/mol. The number of nitrogens with one attached hydrogen (secondary N) is 1. The third-order valence-corrected chi connectivity index (χ3v) is 5.54. The van der Waals surface area contributed by atoms with Gasteiger partial charge in [-0.3, -0.25) is 9.69 Å². The third-order valence-electron chi connectivity index (χ3n) is 5.05. The summed E-state index contributed by atoms with van der Waals surface area (Å²) in [7, 11) is 3.59. The van der Waals surface area contributed by atoms with Crippen molar-refractivity contribution in [2.45, 2.75) is 26.3 Å². The highest BCUT2D eigenvalue weighted by Gasteiger charge is 2.15. The fraction of sp³-hybridized carbons (Fsp3) is 0.409. The van der Waals surface area contributed by atoms with E-state index in [9.17, 15) is 4.79 Å². The van der Waals surface area contributed by atoms with Crippen LogP contribution in [0.3, 0.4) is 0 Å². The molecule has 0 saturated carbocycles. The van der Waals surface area contributed by atoms with Gasteiger partial charge in [-0.05, 0) is 68.8 Å². The van der Waals surface area contributed by atoms with E-state index in [1.807, 2.05) is 43.1 Å². The maximum atomic E-state index is 12.5. The van der Waals surface area contributed by atoms with Gasteiger partial charge in [-0.15, -0.1) is 0 Å². The maximum absolute atomic E-state index is 12.5. The van der Waals surface area contributed by atoms with Crippen LogP contribution in [0.2, 0.25) is 0 Å². The van der Waals surface area contributed by atoms with Crippen molar-refractivity contribution >= 4 is 33.2 Å². The van der Waals surface area contributed by atoms with Gasteiger partial charge in [0, 0.05) is 41.0 Å². The van der Waals surface area contributed by atoms with Crippen molar-refractivity contribution in [2.75, 3.05) is 44.0 Å². The van der Waals surface area contributed by atoms with Gasteiger partial charge in [-0.2, -0.15) is 0 Å². The van der Waals surface area contributed by atoms with E-state index in [4.69, 9.17) is 4.74 Å². The fourth-order valence-corrected chi connectivity index (χ4v) is 4.02. The summed E-state index contributed by atoms with van der Waals surface area (Å²) < 4.78 is 6.41. The lowest BCUT2D eigenvalue weighted by atomic mass is 10.1. The molecule has 1 aliphatic rings. The van der Waals surface area contributed by atoms with Crippen molar-refractivity contribution in [3.05, 3.63) is 52.0 Å². The van der Waals surface area contributed by atoms with E-state index in [0.29, 0.717) is 13.1 Å². The van der Waals surface area contributed by atoms with E-state index in [1.165, 1.54) is 18.5 Å². The zero-order chi connectivity index (χ0) is 20.1. The standard InChI is InChI=1S/C22H28BrN3O2/c1-16-12-19(26-10-4-5-11-26)7-8-20(16)24-22(27)15-25(2)14-17-13-18(23)6-9-21(17)28-3/h6-9,12-13H,4-5,10-11,14-15H2,1-3H3,(H,24,27). The Morgan fingerprint density at radius 2 is 1.96 bits per heavy atom. The molecule has 1 heterocycles. The number of likely N-dealkylation sites (N-methyl/N-ethyl adjacent to an activating group) is 1. The number of rotatable bonds is 7. The van der Waals surface area contributed by atoms with Gasteiger partial charge in [0.2, 0.25) is 5.91 Å². The lowest BCUT2D eigenvalue weighted by molar-refractivity contribution is -0.117. The molecule has 2 aromatic carbocycles. The number of carbonyl (C=O) groups excluding carboxylic acids is 1. The summed E-state index contributed by atoms with van der Waals surface area (Å²) in [5, 5.41) is 3.05. The largest absolute Gasteiger partial charge is 0.496 e. The molecule has 0 bridgehead atoms. The summed E-state index contributed by atoms with van der Waals surface area (Å²) in [5.74, 6) is 0.803. The molecule has 150 valence electrons. The first-order chi connectivity index (χ1) is 13.5. The Morgan fingerprint density at radius 3 is 2.64 bits per heavy atom. The summed E-state index contributed by atoms with van der Waals surface area (Å²) in [4.78, 5) is 16.9. The number of methoxy groups -OCH3 is 1. The van der Waals surface area contributed by atoms with E-state index in [0.717, 1.165) is 40.1 Å². The number of aryl methyl sites for hydroxylation is 1. The van der Waals surface area contributed by atoms with Gasteiger partial charge in [-0.25, -0.2) is 0 Å². The Balaban J connectivity index is 1.58. The molecule has 28 heavy (non-hydrogen) atoms. The second-order valence-electron chi connectivity index (χ2n) is 7.37. The molecular formula is C22H28BrN3O2. The molecule has 2 aromatic rings. The highest BCUT2D eigenvalue weighted by molar-refractivity contribution is 9.10. The molecule has 0 aromatic heterocycles. The predicted octanol–water partition coefficient (Wildman–Crippen LogP) is 4.44. The average molecular weight is 446 g/mol. The lowest BCUT2D eigenvalue weighted by Crippen LogP contribution is -2.30. The van der Waals surface area contributed by atoms with Gasteiger partial charge in [0.1, 0.15) is 5.75 Å². The number of halogens is 1. The van der Waals surface area contributed by atoms with Crippen LogP contribution in [0, 0.1) is 6.92 Å². The number of ether oxygens (including phenoxy) is 1. The minimum absolute atomic E-state index is 0.0199. The summed E-state index contributed by atoms with van der Waals surface area (Å²) in [6.07, 6.45) is 2.51. The molecule has 0 aliphatic carbocycles. The molecule has 0 radical (unpaired) electrons. The molecule has 1 N–H and O–H groups in total. The van der Waals surface area contributed by atoms with Crippen molar-refractivity contribution in [3.8, 4) is 5.75 Å². The van der Waals surface area contributed by atoms with Crippen LogP contribution in [0.5, 0.6) is 5.75 Å². The number of nitrogens with zero attached hydrogens (tertiary/aromatic N) is 2. The minimum Gasteiger partial charge on any atom is -0.496 e. The van der Waals surface area contributed by atoms with E-state index >= 15 is 0 Å². The van der Waals surface area contributed by atoms with Gasteiger partial charge in [0.05, 0.1) is 13.7 Å². The van der Waals surface area contributed by atoms with Crippen LogP contribution in [0.25, 0.3) is 0 Å². The molecule has 5 nitrogen and oxygen atoms in total. The van der Waals surface area contributed by atoms with E-state index < -0.39 is 0 Å². The highest BCUT2D eigenvalue weighted by atomic mass is 79.9. The Morgan fingerprint density at radius 1 is 1.21 bits per heavy atom. The van der Waals surface area contributed by atoms with Gasteiger partial charge in [0.15, 0.2) is 0 Å². The number of hydrogen-bond donors (Lipinski definition) is 1. The molecular weight excluding hydrogens is 418 g/mol. The topological polar surface area (TPSA) is 44.8 Å². The van der Waals surface area contributed by atoms with Gasteiger partial charge in [-0.1, -0.05) is 15.9 Å². The van der Waals surface area contributed by atoms with Crippen LogP contribution in [0.4, 0.5) is 11.4 Å². The molecule has 0 spiro atoms. The number of hydrogen-bond acceptors (Lipinski definition) is 4. The Labute approximate surface area is 175 Å². The van der Waals surface area contributed by atoms with E-state index in [2.05, 4.69) is 38.3 Å². The van der Waals surface area contributed by atoms with Crippen molar-refractivity contribution in [3.63, 3.8) is 0 Å². The van der Waals surface area contributed by atoms with Crippen LogP contribution in [0.1, 0.15) is 24.0 Å². The molecule has 1 aliphatic heterocycles. The van der Waals surface area contributed by atoms with Crippen LogP contribution in [-0.4, -0.2) is 44.6 Å². The smallest absolute Gasteiger partial charge is 0.238 e. The minimum atomic E-state index is -0.0199. The van der Waals surface area contributed by atoms with E-state index in [-0.39, 0.29) is 5.91 Å². The number of carbonyl (C=O) groups is 1. The zero-order valence-electron chi connectivity index (χ0n) is 16.8. The first kappa shape index (κ1) is 20.7. The van der Waals surface area contributed by atoms with Crippen LogP contribution >= 0.6 is 15.9 Å². The Kier molecular flexibility index (Phi) is 6.97. The van der Waals surface area contributed by atoms with Crippen molar-refractivity contribution in [2.24, 2.45) is 0 Å². The lowest BCUT2D eigenvalue weighted by Gasteiger charge is -2.20. The second kappa shape index (κ2) is 9.43. The summed E-state index contributed by atoms with van der Waals surface area (Å²) >= 11 is 3.49. The molecule has 1 fully saturated rings. The van der Waals surface area contributed by atoms with Gasteiger partial charge < -0.3 is 15.0 Å². The SMILES string of the molecule is COc1ccc(Br)cc1CN(C)CC(=O)Nc1ccc(N2CCCC2)cc1C. The van der Waals surface area contributed by atoms with Crippen LogP contribution in [-0.2, 0) is 11.3 Å². The van der Waals surface area contributed by atoms with E-state index in [1.54, 1.807) is 7.11 Å². The van der Waals surface area contributed by atoms with Crippen molar-refractivity contribution < 1.29 is 9.53 Å². The first-order valence-electron chi connectivity index (χ1n) is 9.62. The fourth-order valence-electron chi connectivity index (χ4n) is 3.61. The summed E-state index contributed by atoms with van der Waals surface area (Å²) in [6.45, 7) is 5.22. The van der Waals surface area contributed by atoms with Crippen LogP contribution < -0.4 is 15.0 Å². The molecule has 0 unspecified atom stereocenters. The molecule has 3 rings (SSSR count). The normalized spacial score (nSPS) is 13.8. The molecule has 0 atom stereocenters. The second-order valence-corrected chi connectivity index (χ2v) is 8.29. The van der Waals surface area contributed by atoms with Gasteiger partial charge in [0.25, 0.3) is 0 Å². The zero-order valence-corrected chi connectivity index (χ0v) is 18.4. The molecule has 1 saturated heterocycles. The first-order valence-corrected chi connectivity index (χ1v) is 10.4. The van der Waals surface area contributed by atoms with Crippen LogP contribution in [0.15, 0.2) is 40.9 Å². The summed E-state index contributed by atoms with van der Waals surface area (Å²) in [6, 6.07) is 12.2. The van der Waals surface area contributed by atoms with Crippen molar-refractivity contribution in [1.29, 1.82) is 0 Å². The van der Waals surface area contributed by atoms with Crippen molar-refractivity contribution in [1.82, 2.24) is 4.90 Å². The van der Waals surface area contributed by atoms with Gasteiger partial charge >= 0.3 is 0 Å². The summed E-state index contributed by atoms with van der Waals surface area (Å²) in [5.41, 5.74) is 4.25. The number of amides is 1.